The summed E-state index contributed by atoms with van der Waals surface area (Å²) in [5, 5.41) is 11.4. The number of hydrogen-bond donors (Lipinski definition) is 2. The molecule has 0 aliphatic rings. The van der Waals surface area contributed by atoms with E-state index in [9.17, 15) is 18.0 Å². The molecule has 1 amide bonds. The summed E-state index contributed by atoms with van der Waals surface area (Å²) in [7, 11) is -3.14. The number of hydrogen-bond acceptors (Lipinski definition) is 4. The van der Waals surface area contributed by atoms with Gasteiger partial charge in [0.05, 0.1) is 11.3 Å². The lowest BCUT2D eigenvalue weighted by Crippen LogP contribution is -2.29. The van der Waals surface area contributed by atoms with E-state index in [0.29, 0.717) is 5.56 Å². The minimum absolute atomic E-state index is 0.00531. The molecule has 1 aromatic rings. The molecular weight excluding hydrogens is 282 g/mol. The molecule has 0 saturated carbocycles. The van der Waals surface area contributed by atoms with Crippen LogP contribution in [0.15, 0.2) is 18.2 Å². The molecule has 0 saturated heterocycles. The lowest BCUT2D eigenvalue weighted by molar-refractivity contribution is 0.0696. The summed E-state index contributed by atoms with van der Waals surface area (Å²) in [4.78, 5) is 22.7. The first-order valence-electron chi connectivity index (χ1n) is 6.09. The normalized spacial score (nSPS) is 11.1. The molecule has 0 atom stereocenters. The fourth-order valence-electron chi connectivity index (χ4n) is 1.60. The largest absolute Gasteiger partial charge is 0.478 e. The Hall–Kier alpha value is -1.89. The average Bonchev–Trinajstić information content (AvgIpc) is 2.37. The molecule has 0 aliphatic heterocycles. The topological polar surface area (TPSA) is 101 Å². The van der Waals surface area contributed by atoms with Crippen LogP contribution in [-0.2, 0) is 9.84 Å². The van der Waals surface area contributed by atoms with Crippen LogP contribution in [0.1, 0.15) is 33.2 Å². The highest BCUT2D eigenvalue weighted by Crippen LogP contribution is 2.10. The lowest BCUT2D eigenvalue weighted by Gasteiger charge is -2.07. The summed E-state index contributed by atoms with van der Waals surface area (Å²) in [6, 6.07) is 4.27. The number of amides is 1. The van der Waals surface area contributed by atoms with E-state index >= 15 is 0 Å². The van der Waals surface area contributed by atoms with Gasteiger partial charge in [0, 0.05) is 17.9 Å². The Morgan fingerprint density at radius 1 is 1.20 bits per heavy atom. The van der Waals surface area contributed by atoms with E-state index in [2.05, 4.69) is 5.32 Å². The van der Waals surface area contributed by atoms with Crippen LogP contribution in [0, 0.1) is 6.92 Å². The van der Waals surface area contributed by atoms with Crippen molar-refractivity contribution in [3.8, 4) is 0 Å². The number of nitrogens with one attached hydrogen (secondary N) is 1. The van der Waals surface area contributed by atoms with Gasteiger partial charge in [0.1, 0.15) is 0 Å². The quantitative estimate of drug-likeness (QED) is 0.811. The van der Waals surface area contributed by atoms with Crippen molar-refractivity contribution in [2.45, 2.75) is 13.8 Å². The Balaban J connectivity index is 2.76. The van der Waals surface area contributed by atoms with Crippen LogP contribution < -0.4 is 5.32 Å². The molecular formula is C13H17NO5S. The van der Waals surface area contributed by atoms with E-state index in [4.69, 9.17) is 5.11 Å². The third kappa shape index (κ3) is 4.65. The Labute approximate surface area is 117 Å². The SMILES string of the molecule is CCS(=O)(=O)CCNC(=O)c1cc(C)cc(C(=O)O)c1. The van der Waals surface area contributed by atoms with Crippen LogP contribution in [-0.4, -0.2) is 43.5 Å². The van der Waals surface area contributed by atoms with Crippen molar-refractivity contribution in [1.82, 2.24) is 5.32 Å². The molecule has 0 radical (unpaired) electrons. The van der Waals surface area contributed by atoms with Crippen molar-refractivity contribution < 1.29 is 23.1 Å². The molecule has 0 aromatic heterocycles. The van der Waals surface area contributed by atoms with Gasteiger partial charge in [0.25, 0.3) is 5.91 Å². The molecule has 7 heteroatoms. The van der Waals surface area contributed by atoms with E-state index < -0.39 is 21.7 Å². The average molecular weight is 299 g/mol. The predicted molar refractivity (Wildman–Crippen MR) is 74.8 cm³/mol. The smallest absolute Gasteiger partial charge is 0.335 e. The number of carbonyl (C=O) groups excluding carboxylic acids is 1. The second-order valence-electron chi connectivity index (χ2n) is 4.39. The highest BCUT2D eigenvalue weighted by molar-refractivity contribution is 7.91. The van der Waals surface area contributed by atoms with Crippen LogP contribution in [0.5, 0.6) is 0 Å². The molecule has 0 aliphatic carbocycles. The minimum Gasteiger partial charge on any atom is -0.478 e. The van der Waals surface area contributed by atoms with Gasteiger partial charge >= 0.3 is 5.97 Å². The zero-order valence-electron chi connectivity index (χ0n) is 11.3. The van der Waals surface area contributed by atoms with Gasteiger partial charge in [-0.3, -0.25) is 4.79 Å². The summed E-state index contributed by atoms with van der Waals surface area (Å²) in [5.74, 6) is -1.71. The first-order valence-corrected chi connectivity index (χ1v) is 7.91. The summed E-state index contributed by atoms with van der Waals surface area (Å²) < 4.78 is 22.6. The van der Waals surface area contributed by atoms with Gasteiger partial charge in [-0.15, -0.1) is 0 Å². The lowest BCUT2D eigenvalue weighted by atomic mass is 10.1. The van der Waals surface area contributed by atoms with Crippen LogP contribution in [0.3, 0.4) is 0 Å². The molecule has 1 aromatic carbocycles. The Bertz CT molecular complexity index is 622. The molecule has 0 bridgehead atoms. The maximum Gasteiger partial charge on any atom is 0.335 e. The first-order chi connectivity index (χ1) is 9.25. The fraction of sp³-hybridized carbons (Fsp3) is 0.385. The van der Waals surface area contributed by atoms with Gasteiger partial charge in [-0.1, -0.05) is 6.92 Å². The van der Waals surface area contributed by atoms with Gasteiger partial charge in [0.2, 0.25) is 0 Å². The summed E-state index contributed by atoms with van der Waals surface area (Å²) in [5.41, 5.74) is 0.879. The maximum atomic E-state index is 11.8. The summed E-state index contributed by atoms with van der Waals surface area (Å²) >= 11 is 0. The van der Waals surface area contributed by atoms with Gasteiger partial charge < -0.3 is 10.4 Å². The van der Waals surface area contributed by atoms with Crippen molar-refractivity contribution in [3.05, 3.63) is 34.9 Å². The predicted octanol–water partition coefficient (Wildman–Crippen LogP) is 0.858. The molecule has 20 heavy (non-hydrogen) atoms. The van der Waals surface area contributed by atoms with Crippen LogP contribution in [0.2, 0.25) is 0 Å². The summed E-state index contributed by atoms with van der Waals surface area (Å²) in [6.07, 6.45) is 0. The van der Waals surface area contributed by atoms with E-state index in [1.54, 1.807) is 13.0 Å². The van der Waals surface area contributed by atoms with E-state index in [1.807, 2.05) is 0 Å². The summed E-state index contributed by atoms with van der Waals surface area (Å²) in [6.45, 7) is 3.23. The minimum atomic E-state index is -3.14. The van der Waals surface area contributed by atoms with Crippen LogP contribution in [0.4, 0.5) is 0 Å². The second kappa shape index (κ2) is 6.51. The number of carboxylic acid groups (broad SMARTS) is 1. The van der Waals surface area contributed by atoms with Crippen molar-refractivity contribution in [2.24, 2.45) is 0 Å². The zero-order chi connectivity index (χ0) is 15.3. The molecule has 110 valence electrons. The van der Waals surface area contributed by atoms with Gasteiger partial charge in [-0.2, -0.15) is 0 Å². The number of carboxylic acids is 1. The Kier molecular flexibility index (Phi) is 5.26. The molecule has 1 rings (SSSR count). The number of aromatic carboxylic acids is 1. The molecule has 0 spiro atoms. The molecule has 0 fully saturated rings. The number of sulfone groups is 1. The van der Waals surface area contributed by atoms with Gasteiger partial charge in [-0.05, 0) is 30.7 Å². The molecule has 2 N–H and O–H groups in total. The number of rotatable bonds is 6. The standard InChI is InChI=1S/C13H17NO5S/c1-3-20(18,19)5-4-14-12(15)10-6-9(2)7-11(8-10)13(16)17/h6-8H,3-5H2,1-2H3,(H,14,15)(H,16,17). The molecule has 0 heterocycles. The number of benzene rings is 1. The third-order valence-electron chi connectivity index (χ3n) is 2.72. The fourth-order valence-corrected chi connectivity index (χ4v) is 2.31. The van der Waals surface area contributed by atoms with Crippen molar-refractivity contribution in [1.29, 1.82) is 0 Å². The van der Waals surface area contributed by atoms with Crippen molar-refractivity contribution >= 4 is 21.7 Å². The van der Waals surface area contributed by atoms with Gasteiger partial charge in [0.15, 0.2) is 9.84 Å². The molecule has 0 unspecified atom stereocenters. The van der Waals surface area contributed by atoms with E-state index in [0.717, 1.165) is 0 Å². The second-order valence-corrected chi connectivity index (χ2v) is 6.86. The number of aryl methyl sites for hydroxylation is 1. The monoisotopic (exact) mass is 299 g/mol. The van der Waals surface area contributed by atoms with Crippen molar-refractivity contribution in [2.75, 3.05) is 18.1 Å². The maximum absolute atomic E-state index is 11.8. The molecule has 6 nitrogen and oxygen atoms in total. The number of carbonyl (C=O) groups is 2. The Morgan fingerprint density at radius 3 is 2.35 bits per heavy atom. The third-order valence-corrected chi connectivity index (χ3v) is 4.43. The van der Waals surface area contributed by atoms with E-state index in [-0.39, 0.29) is 29.2 Å². The highest BCUT2D eigenvalue weighted by atomic mass is 32.2. The van der Waals surface area contributed by atoms with Crippen LogP contribution in [0.25, 0.3) is 0 Å². The van der Waals surface area contributed by atoms with Crippen LogP contribution >= 0.6 is 0 Å². The van der Waals surface area contributed by atoms with Gasteiger partial charge in [-0.25, -0.2) is 13.2 Å². The van der Waals surface area contributed by atoms with E-state index in [1.165, 1.54) is 19.1 Å². The van der Waals surface area contributed by atoms with Crippen molar-refractivity contribution in [3.63, 3.8) is 0 Å². The Morgan fingerprint density at radius 2 is 1.80 bits per heavy atom. The zero-order valence-corrected chi connectivity index (χ0v) is 12.2. The highest BCUT2D eigenvalue weighted by Gasteiger charge is 2.12. The first kappa shape index (κ1) is 16.2.